The molecule has 4 heteroatoms. The van der Waals surface area contributed by atoms with Gasteiger partial charge in [-0.25, -0.2) is 4.79 Å². The lowest BCUT2D eigenvalue weighted by atomic mass is 10.2. The van der Waals surface area contributed by atoms with Gasteiger partial charge in [0.05, 0.1) is 6.61 Å². The molecule has 0 aliphatic carbocycles. The van der Waals surface area contributed by atoms with Crippen molar-refractivity contribution < 1.29 is 19.4 Å². The van der Waals surface area contributed by atoms with E-state index in [1.54, 1.807) is 13.0 Å². The average Bonchev–Trinajstić information content (AvgIpc) is 2.50. The summed E-state index contributed by atoms with van der Waals surface area (Å²) in [6.07, 6.45) is 0. The van der Waals surface area contributed by atoms with Gasteiger partial charge >= 0.3 is 5.97 Å². The Balaban J connectivity index is 0.000000255. The van der Waals surface area contributed by atoms with Gasteiger partial charge in [0, 0.05) is 0 Å². The molecule has 2 rings (SSSR count). The predicted octanol–water partition coefficient (Wildman–Crippen LogP) is 3.64. The maximum Gasteiger partial charge on any atom is 0.344 e. The van der Waals surface area contributed by atoms with E-state index < -0.39 is 0 Å². The van der Waals surface area contributed by atoms with E-state index in [1.807, 2.05) is 56.3 Å². The molecule has 0 aliphatic heterocycles. The fraction of sp³-hybridized carbons (Fsp3) is 0.278. The number of phenolic OH excluding ortho intramolecular Hbond substituents is 1. The molecule has 0 amide bonds. The molecule has 2 aromatic carbocycles. The molecule has 4 nitrogen and oxygen atoms in total. The van der Waals surface area contributed by atoms with Gasteiger partial charge < -0.3 is 14.6 Å². The third-order valence-electron chi connectivity index (χ3n) is 2.86. The monoisotopic (exact) mass is 302 g/mol. The zero-order valence-electron chi connectivity index (χ0n) is 13.2. The molecule has 0 atom stereocenters. The van der Waals surface area contributed by atoms with Crippen LogP contribution in [0.25, 0.3) is 0 Å². The number of carbonyl (C=O) groups excluding carboxylic acids is 1. The third-order valence-corrected chi connectivity index (χ3v) is 2.86. The molecule has 0 saturated heterocycles. The van der Waals surface area contributed by atoms with Crippen molar-refractivity contribution in [3.05, 3.63) is 59.7 Å². The highest BCUT2D eigenvalue weighted by Crippen LogP contribution is 2.15. The lowest BCUT2D eigenvalue weighted by Crippen LogP contribution is -2.14. The fourth-order valence-electron chi connectivity index (χ4n) is 1.62. The molecule has 0 saturated carbocycles. The zero-order valence-corrected chi connectivity index (χ0v) is 13.2. The summed E-state index contributed by atoms with van der Waals surface area (Å²) in [6.45, 7) is 5.93. The van der Waals surface area contributed by atoms with E-state index >= 15 is 0 Å². The molecule has 0 fully saturated rings. The topological polar surface area (TPSA) is 55.8 Å². The van der Waals surface area contributed by atoms with E-state index in [0.717, 1.165) is 16.9 Å². The molecule has 2 aromatic rings. The summed E-state index contributed by atoms with van der Waals surface area (Å²) < 4.78 is 10.0. The predicted molar refractivity (Wildman–Crippen MR) is 86.2 cm³/mol. The van der Waals surface area contributed by atoms with Crippen molar-refractivity contribution in [1.82, 2.24) is 0 Å². The van der Waals surface area contributed by atoms with Crippen LogP contribution in [0.3, 0.4) is 0 Å². The first-order valence-corrected chi connectivity index (χ1v) is 7.13. The van der Waals surface area contributed by atoms with Gasteiger partial charge in [0.15, 0.2) is 6.61 Å². The second-order valence-corrected chi connectivity index (χ2v) is 4.65. The minimum atomic E-state index is -0.337. The number of aryl methyl sites for hydroxylation is 2. The Morgan fingerprint density at radius 2 is 1.59 bits per heavy atom. The highest BCUT2D eigenvalue weighted by molar-refractivity contribution is 5.71. The molecule has 118 valence electrons. The van der Waals surface area contributed by atoms with Gasteiger partial charge in [-0.05, 0) is 44.0 Å². The smallest absolute Gasteiger partial charge is 0.344 e. The van der Waals surface area contributed by atoms with Gasteiger partial charge in [-0.3, -0.25) is 0 Å². The standard InChI is InChI=1S/C11H14O3.C7H8O/c1-3-13-11(12)8-14-10-7-5-4-6-9(10)2;1-6-4-2-3-5-7(6)8/h4-7H,3,8H2,1-2H3;2-5,8H,1H3. The molecule has 22 heavy (non-hydrogen) atoms. The number of carbonyl (C=O) groups is 1. The summed E-state index contributed by atoms with van der Waals surface area (Å²) in [7, 11) is 0. The van der Waals surface area contributed by atoms with Crippen molar-refractivity contribution in [2.24, 2.45) is 0 Å². The first-order chi connectivity index (χ1) is 10.5. The Kier molecular flexibility index (Phi) is 7.54. The average molecular weight is 302 g/mol. The second kappa shape index (κ2) is 9.45. The van der Waals surface area contributed by atoms with Crippen molar-refractivity contribution in [2.45, 2.75) is 20.8 Å². The highest BCUT2D eigenvalue weighted by Gasteiger charge is 2.03. The molecule has 0 spiro atoms. The third kappa shape index (κ3) is 6.31. The number of hydrogen-bond acceptors (Lipinski definition) is 4. The van der Waals surface area contributed by atoms with Crippen molar-refractivity contribution in [1.29, 1.82) is 0 Å². The summed E-state index contributed by atoms with van der Waals surface area (Å²) >= 11 is 0. The number of para-hydroxylation sites is 2. The Labute approximate surface area is 131 Å². The highest BCUT2D eigenvalue weighted by atomic mass is 16.6. The number of ether oxygens (including phenoxy) is 2. The largest absolute Gasteiger partial charge is 0.508 e. The van der Waals surface area contributed by atoms with Crippen LogP contribution in [0.5, 0.6) is 11.5 Å². The number of rotatable bonds is 4. The van der Waals surface area contributed by atoms with Crippen molar-refractivity contribution in [3.8, 4) is 11.5 Å². The van der Waals surface area contributed by atoms with Crippen LogP contribution >= 0.6 is 0 Å². The number of hydrogen-bond donors (Lipinski definition) is 1. The van der Waals surface area contributed by atoms with Crippen molar-refractivity contribution in [3.63, 3.8) is 0 Å². The summed E-state index contributed by atoms with van der Waals surface area (Å²) in [5, 5.41) is 8.92. The van der Waals surface area contributed by atoms with Gasteiger partial charge in [0.1, 0.15) is 11.5 Å². The Hall–Kier alpha value is -2.49. The van der Waals surface area contributed by atoms with Crippen LogP contribution in [-0.2, 0) is 9.53 Å². The summed E-state index contributed by atoms with van der Waals surface area (Å²) in [5.74, 6) is 0.754. The van der Waals surface area contributed by atoms with Gasteiger partial charge in [0.25, 0.3) is 0 Å². The van der Waals surface area contributed by atoms with E-state index in [4.69, 9.17) is 14.6 Å². The molecular formula is C18H22O4. The molecular weight excluding hydrogens is 280 g/mol. The summed E-state index contributed by atoms with van der Waals surface area (Å²) in [6, 6.07) is 14.8. The molecule has 1 N–H and O–H groups in total. The van der Waals surface area contributed by atoms with Crippen LogP contribution in [0.15, 0.2) is 48.5 Å². The molecule has 0 bridgehead atoms. The maximum absolute atomic E-state index is 11.0. The minimum Gasteiger partial charge on any atom is -0.508 e. The van der Waals surface area contributed by atoms with E-state index in [9.17, 15) is 4.79 Å². The number of benzene rings is 2. The van der Waals surface area contributed by atoms with Gasteiger partial charge in [-0.1, -0.05) is 36.4 Å². The maximum atomic E-state index is 11.0. The normalized spacial score (nSPS) is 9.41. The fourth-order valence-corrected chi connectivity index (χ4v) is 1.62. The van der Waals surface area contributed by atoms with E-state index in [2.05, 4.69) is 0 Å². The van der Waals surface area contributed by atoms with E-state index in [-0.39, 0.29) is 12.6 Å². The quantitative estimate of drug-likeness (QED) is 0.876. The second-order valence-electron chi connectivity index (χ2n) is 4.65. The molecule has 0 aromatic heterocycles. The summed E-state index contributed by atoms with van der Waals surface area (Å²) in [4.78, 5) is 11.0. The summed E-state index contributed by atoms with van der Waals surface area (Å²) in [5.41, 5.74) is 1.93. The van der Waals surface area contributed by atoms with Crippen molar-refractivity contribution >= 4 is 5.97 Å². The Bertz CT molecular complexity index is 572. The van der Waals surface area contributed by atoms with E-state index in [0.29, 0.717) is 12.4 Å². The van der Waals surface area contributed by atoms with Gasteiger partial charge in [-0.2, -0.15) is 0 Å². The van der Waals surface area contributed by atoms with Crippen LogP contribution in [-0.4, -0.2) is 24.3 Å². The van der Waals surface area contributed by atoms with Crippen LogP contribution in [0.2, 0.25) is 0 Å². The molecule has 0 aliphatic rings. The Morgan fingerprint density at radius 1 is 1.00 bits per heavy atom. The Morgan fingerprint density at radius 3 is 2.09 bits per heavy atom. The first-order valence-electron chi connectivity index (χ1n) is 7.13. The number of esters is 1. The number of aromatic hydroxyl groups is 1. The van der Waals surface area contributed by atoms with Crippen LogP contribution < -0.4 is 4.74 Å². The van der Waals surface area contributed by atoms with Crippen molar-refractivity contribution in [2.75, 3.05) is 13.2 Å². The van der Waals surface area contributed by atoms with E-state index in [1.165, 1.54) is 0 Å². The molecule has 0 unspecified atom stereocenters. The number of phenols is 1. The molecule has 0 heterocycles. The van der Waals surface area contributed by atoms with Gasteiger partial charge in [-0.15, -0.1) is 0 Å². The van der Waals surface area contributed by atoms with Crippen LogP contribution in [0, 0.1) is 13.8 Å². The van der Waals surface area contributed by atoms with Crippen LogP contribution in [0.4, 0.5) is 0 Å². The lowest BCUT2D eigenvalue weighted by molar-refractivity contribution is -0.145. The minimum absolute atomic E-state index is 0.0291. The molecule has 0 radical (unpaired) electrons. The lowest BCUT2D eigenvalue weighted by Gasteiger charge is -2.07. The first kappa shape index (κ1) is 17.6. The van der Waals surface area contributed by atoms with Crippen LogP contribution in [0.1, 0.15) is 18.1 Å². The van der Waals surface area contributed by atoms with Gasteiger partial charge in [0.2, 0.25) is 0 Å². The zero-order chi connectivity index (χ0) is 16.4. The SMILES string of the molecule is CCOC(=O)COc1ccccc1C.Cc1ccccc1O.